The number of fused-ring (bicyclic) bond motifs is 16. The summed E-state index contributed by atoms with van der Waals surface area (Å²) in [5.74, 6) is 1.66. The summed E-state index contributed by atoms with van der Waals surface area (Å²) in [5, 5.41) is 0. The molecule has 8 aromatic rings. The molecule has 0 aliphatic carbocycles. The standard InChI is InChI=1S/C52H42N12/c1-27-31-7-15-39(55-31)47(40-16-8-32(56-40)28(2)36-12-20-44(60-36)49(43-19-11-35(27)59-43)51-53-23-25-63(51)5)48-41-17-9-33(57-41)29(3)37-13-21-45(61-37)50(52-54-24-26-64(52)6)46-22-14-38(62-46)30(4)34-10-18-42(48)58-34/h7-26,55,57,60,62H,1-6H3. The Morgan fingerprint density at radius 3 is 0.859 bits per heavy atom. The average molecular weight is 835 g/mol. The maximum atomic E-state index is 5.42. The second-order valence-electron chi connectivity index (χ2n) is 16.7. The van der Waals surface area contributed by atoms with Crippen molar-refractivity contribution in [1.82, 2.24) is 59.0 Å². The van der Waals surface area contributed by atoms with Crippen LogP contribution in [0.3, 0.4) is 0 Å². The van der Waals surface area contributed by atoms with E-state index in [0.717, 1.165) is 146 Å². The van der Waals surface area contributed by atoms with Crippen molar-refractivity contribution < 1.29 is 0 Å². The minimum atomic E-state index is 0.813. The molecule has 64 heavy (non-hydrogen) atoms. The van der Waals surface area contributed by atoms with Crippen LogP contribution in [0, 0.1) is 27.7 Å². The Morgan fingerprint density at radius 1 is 0.328 bits per heavy atom. The molecule has 0 unspecified atom stereocenters. The van der Waals surface area contributed by atoms with Gasteiger partial charge in [0.15, 0.2) is 0 Å². The van der Waals surface area contributed by atoms with Gasteiger partial charge in [-0.2, -0.15) is 0 Å². The topological polar surface area (TPSA) is 150 Å². The summed E-state index contributed by atoms with van der Waals surface area (Å²) in [4.78, 5) is 45.8. The molecule has 4 N–H and O–H groups in total. The third kappa shape index (κ3) is 5.83. The van der Waals surface area contributed by atoms with E-state index in [1.54, 1.807) is 0 Å². The number of nitrogens with zero attached hydrogens (tertiary/aromatic N) is 8. The third-order valence-electron chi connectivity index (χ3n) is 12.9. The van der Waals surface area contributed by atoms with Gasteiger partial charge in [-0.25, -0.2) is 29.9 Å². The molecule has 0 fully saturated rings. The van der Waals surface area contributed by atoms with Gasteiger partial charge in [-0.1, -0.05) is 0 Å². The molecule has 12 heterocycles. The van der Waals surface area contributed by atoms with Crippen LogP contribution in [0.5, 0.6) is 0 Å². The van der Waals surface area contributed by atoms with Gasteiger partial charge in [0.2, 0.25) is 0 Å². The molecule has 0 spiro atoms. The van der Waals surface area contributed by atoms with Crippen molar-refractivity contribution in [1.29, 1.82) is 0 Å². The highest BCUT2D eigenvalue weighted by atomic mass is 15.0. The summed E-state index contributed by atoms with van der Waals surface area (Å²) in [6, 6.07) is 17.0. The second-order valence-corrected chi connectivity index (χ2v) is 16.7. The first kappa shape index (κ1) is 37.4. The Bertz CT molecular complexity index is 3560. The Morgan fingerprint density at radius 2 is 0.578 bits per heavy atom. The zero-order valence-electron chi connectivity index (χ0n) is 36.1. The lowest BCUT2D eigenvalue weighted by Gasteiger charge is -2.07. The first-order valence-corrected chi connectivity index (χ1v) is 21.3. The summed E-state index contributed by atoms with van der Waals surface area (Å²) < 4.78 is 4.06. The van der Waals surface area contributed by atoms with Gasteiger partial charge in [-0.3, -0.25) is 0 Å². The highest BCUT2D eigenvalue weighted by molar-refractivity contribution is 6.02. The first-order chi connectivity index (χ1) is 31.2. The van der Waals surface area contributed by atoms with Crippen LogP contribution >= 0.6 is 0 Å². The van der Waals surface area contributed by atoms with E-state index in [0.29, 0.717) is 0 Å². The molecule has 12 heteroatoms. The third-order valence-corrected chi connectivity index (χ3v) is 12.9. The fraction of sp³-hybridized carbons (Fsp3) is 0.115. The predicted octanol–water partition coefficient (Wildman–Crippen LogP) is 11.3. The second kappa shape index (κ2) is 14.1. The van der Waals surface area contributed by atoms with Gasteiger partial charge in [0.05, 0.1) is 67.7 Å². The highest BCUT2D eigenvalue weighted by Gasteiger charge is 2.22. The van der Waals surface area contributed by atoms with Crippen molar-refractivity contribution in [2.75, 3.05) is 0 Å². The number of aryl methyl sites for hydroxylation is 6. The van der Waals surface area contributed by atoms with E-state index in [-0.39, 0.29) is 0 Å². The van der Waals surface area contributed by atoms with E-state index < -0.39 is 0 Å². The lowest BCUT2D eigenvalue weighted by Crippen LogP contribution is -1.95. The van der Waals surface area contributed by atoms with Crippen LogP contribution in [0.15, 0.2) is 73.3 Å². The Labute approximate surface area is 367 Å². The smallest absolute Gasteiger partial charge is 0.143 e. The van der Waals surface area contributed by atoms with Gasteiger partial charge in [-0.05, 0) is 147 Å². The molecule has 0 radical (unpaired) electrons. The van der Waals surface area contributed by atoms with E-state index in [4.69, 9.17) is 29.9 Å². The molecule has 0 saturated carbocycles. The van der Waals surface area contributed by atoms with Crippen molar-refractivity contribution in [3.63, 3.8) is 0 Å². The van der Waals surface area contributed by atoms with Gasteiger partial charge in [0.25, 0.3) is 0 Å². The summed E-state index contributed by atoms with van der Waals surface area (Å²) in [5.41, 5.74) is 22.0. The molecule has 8 aromatic heterocycles. The van der Waals surface area contributed by atoms with Crippen LogP contribution < -0.4 is 0 Å². The Kier molecular flexibility index (Phi) is 8.22. The molecule has 4 aliphatic heterocycles. The van der Waals surface area contributed by atoms with Crippen molar-refractivity contribution >= 4 is 92.7 Å². The molecule has 12 rings (SSSR count). The largest absolute Gasteiger partial charge is 0.355 e. The minimum Gasteiger partial charge on any atom is -0.355 e. The van der Waals surface area contributed by atoms with E-state index >= 15 is 0 Å². The summed E-state index contributed by atoms with van der Waals surface area (Å²) in [7, 11) is 4.02. The van der Waals surface area contributed by atoms with Crippen LogP contribution in [0.2, 0.25) is 0 Å². The minimum absolute atomic E-state index is 0.813. The quantitative estimate of drug-likeness (QED) is 0.139. The van der Waals surface area contributed by atoms with Gasteiger partial charge < -0.3 is 29.1 Å². The van der Waals surface area contributed by atoms with Crippen LogP contribution in [0.4, 0.5) is 0 Å². The van der Waals surface area contributed by atoms with E-state index in [1.807, 2.05) is 48.0 Å². The molecular formula is C52H42N12. The number of rotatable bonds is 3. The zero-order valence-corrected chi connectivity index (χ0v) is 36.1. The molecule has 0 saturated heterocycles. The van der Waals surface area contributed by atoms with Crippen molar-refractivity contribution in [3.8, 4) is 33.9 Å². The summed E-state index contributed by atoms with van der Waals surface area (Å²) in [6.45, 7) is 8.44. The van der Waals surface area contributed by atoms with Gasteiger partial charge >= 0.3 is 0 Å². The van der Waals surface area contributed by atoms with E-state index in [9.17, 15) is 0 Å². The van der Waals surface area contributed by atoms with E-state index in [2.05, 4.69) is 145 Å². The molecule has 0 atom stereocenters. The van der Waals surface area contributed by atoms with Crippen LogP contribution in [0.1, 0.15) is 67.8 Å². The lowest BCUT2D eigenvalue weighted by molar-refractivity contribution is 0.924. The lowest BCUT2D eigenvalue weighted by atomic mass is 10.0. The van der Waals surface area contributed by atoms with E-state index in [1.165, 1.54) is 0 Å². The number of hydrogen-bond donors (Lipinski definition) is 4. The van der Waals surface area contributed by atoms with Crippen molar-refractivity contribution in [2.24, 2.45) is 14.1 Å². The Balaban J connectivity index is 1.19. The number of aromatic nitrogens is 12. The number of nitrogens with one attached hydrogen (secondary N) is 4. The number of H-pyrrole nitrogens is 4. The molecule has 4 aliphatic rings. The van der Waals surface area contributed by atoms with Gasteiger partial charge in [0.1, 0.15) is 11.6 Å². The van der Waals surface area contributed by atoms with Gasteiger partial charge in [0, 0.05) is 83.1 Å². The number of aromatic amines is 4. The molecule has 16 bridgehead atoms. The normalized spacial score (nSPS) is 12.9. The maximum Gasteiger partial charge on any atom is 0.143 e. The van der Waals surface area contributed by atoms with Crippen LogP contribution in [-0.2, 0) is 14.1 Å². The summed E-state index contributed by atoms with van der Waals surface area (Å²) >= 11 is 0. The SMILES string of the molecule is Cc1c2nc(c(-c3nccn3C)c3ccc([nH]3)c(C)c3nc(c(-c4c5nc(c(C)c6ccc([nH]6)c(-c6nccn6C)c6nc(c(C)c7ccc4[nH]7)C=C6)C=C5)c4ccc1[nH]4)C=C3)C=C2. The Hall–Kier alpha value is -8.38. The maximum absolute atomic E-state index is 5.42. The fourth-order valence-electron chi connectivity index (χ4n) is 9.19. The average Bonchev–Trinajstić information content (AvgIpc) is 4.14. The molecule has 0 aromatic carbocycles. The predicted molar refractivity (Wildman–Crippen MR) is 260 cm³/mol. The van der Waals surface area contributed by atoms with Crippen LogP contribution in [-0.4, -0.2) is 59.0 Å². The number of imidazole rings is 2. The number of hydrogen-bond acceptors (Lipinski definition) is 6. The first-order valence-electron chi connectivity index (χ1n) is 21.3. The van der Waals surface area contributed by atoms with Crippen molar-refractivity contribution in [3.05, 3.63) is 141 Å². The molecule has 310 valence electrons. The van der Waals surface area contributed by atoms with Crippen LogP contribution in [0.25, 0.3) is 127 Å². The molecule has 12 nitrogen and oxygen atoms in total. The molecule has 0 amide bonds. The highest BCUT2D eigenvalue weighted by Crippen LogP contribution is 2.39. The fourth-order valence-corrected chi connectivity index (χ4v) is 9.19. The monoisotopic (exact) mass is 834 g/mol. The van der Waals surface area contributed by atoms with Gasteiger partial charge in [-0.15, -0.1) is 0 Å². The zero-order chi connectivity index (χ0) is 43.4. The van der Waals surface area contributed by atoms with Crippen molar-refractivity contribution in [2.45, 2.75) is 27.7 Å². The molecular weight excluding hydrogens is 793 g/mol. The summed E-state index contributed by atoms with van der Waals surface area (Å²) in [6.07, 6.45) is 24.3.